The third-order valence-electron chi connectivity index (χ3n) is 2.31. The molecule has 0 aromatic carbocycles. The first-order valence-corrected chi connectivity index (χ1v) is 6.25. The third kappa shape index (κ3) is 2.89. The van der Waals surface area contributed by atoms with Crippen LogP contribution < -0.4 is 0 Å². The van der Waals surface area contributed by atoms with Gasteiger partial charge in [-0.25, -0.2) is 9.78 Å². The Morgan fingerprint density at radius 2 is 2.33 bits per heavy atom. The smallest absolute Gasteiger partial charge is 0.358 e. The molecule has 0 saturated heterocycles. The number of carbonyl (C=O) groups is 1. The molecular weight excluding hydrogens is 256 g/mol. The summed E-state index contributed by atoms with van der Waals surface area (Å²) in [6.07, 6.45) is 1.40. The Labute approximate surface area is 107 Å². The van der Waals surface area contributed by atoms with Crippen LogP contribution in [0.2, 0.25) is 0 Å². The van der Waals surface area contributed by atoms with E-state index < -0.39 is 5.97 Å². The Kier molecular flexibility index (Phi) is 3.66. The zero-order chi connectivity index (χ0) is 13.1. The summed E-state index contributed by atoms with van der Waals surface area (Å²) in [6.45, 7) is 4.30. The van der Waals surface area contributed by atoms with Gasteiger partial charge in [-0.15, -0.1) is 5.10 Å². The lowest BCUT2D eigenvalue weighted by Gasteiger charge is -1.96. The summed E-state index contributed by atoms with van der Waals surface area (Å²) in [7, 11) is 0. The van der Waals surface area contributed by atoms with Crippen molar-refractivity contribution in [3.63, 3.8) is 0 Å². The summed E-state index contributed by atoms with van der Waals surface area (Å²) in [6, 6.07) is 0. The quantitative estimate of drug-likeness (QED) is 0.818. The molecule has 18 heavy (non-hydrogen) atoms. The van der Waals surface area contributed by atoms with Gasteiger partial charge in [-0.1, -0.05) is 17.0 Å². The Morgan fingerprint density at radius 1 is 1.56 bits per heavy atom. The molecule has 7 nitrogen and oxygen atoms in total. The molecule has 0 saturated carbocycles. The summed E-state index contributed by atoms with van der Waals surface area (Å²) in [5, 5.41) is 16.5. The Morgan fingerprint density at radius 3 is 2.89 bits per heavy atom. The minimum atomic E-state index is -1.08. The van der Waals surface area contributed by atoms with Crippen LogP contribution in [-0.4, -0.2) is 36.8 Å². The number of hydrogen-bond acceptors (Lipinski definition) is 6. The van der Waals surface area contributed by atoms with Gasteiger partial charge in [-0.2, -0.15) is 0 Å². The Balaban J connectivity index is 1.86. The van der Waals surface area contributed by atoms with Crippen molar-refractivity contribution in [3.05, 3.63) is 23.3 Å². The van der Waals surface area contributed by atoms with Gasteiger partial charge in [0.25, 0.3) is 5.22 Å². The highest BCUT2D eigenvalue weighted by molar-refractivity contribution is 7.99. The lowest BCUT2D eigenvalue weighted by molar-refractivity contribution is 0.0690. The molecule has 0 spiro atoms. The number of oxazole rings is 1. The minimum Gasteiger partial charge on any atom is -0.476 e. The second kappa shape index (κ2) is 5.21. The maximum absolute atomic E-state index is 10.6. The molecular formula is C10H12N4O3S. The van der Waals surface area contributed by atoms with Gasteiger partial charge in [0.05, 0.1) is 18.4 Å². The fourth-order valence-electron chi connectivity index (χ4n) is 1.24. The van der Waals surface area contributed by atoms with Crippen LogP contribution in [0.25, 0.3) is 0 Å². The fraction of sp³-hybridized carbons (Fsp3) is 0.400. The average molecular weight is 268 g/mol. The molecule has 96 valence electrons. The number of hydrogen-bond donors (Lipinski definition) is 1. The maximum Gasteiger partial charge on any atom is 0.358 e. The monoisotopic (exact) mass is 268 g/mol. The summed E-state index contributed by atoms with van der Waals surface area (Å²) in [5.41, 5.74) is 0.828. The fourth-order valence-corrected chi connectivity index (χ4v) is 2.08. The molecule has 0 radical (unpaired) electrons. The van der Waals surface area contributed by atoms with Gasteiger partial charge in [0, 0.05) is 5.75 Å². The van der Waals surface area contributed by atoms with Crippen molar-refractivity contribution in [1.29, 1.82) is 0 Å². The molecule has 0 atom stereocenters. The van der Waals surface area contributed by atoms with Gasteiger partial charge in [0.15, 0.2) is 5.69 Å². The van der Waals surface area contributed by atoms with E-state index in [4.69, 9.17) is 9.52 Å². The van der Waals surface area contributed by atoms with Crippen molar-refractivity contribution in [2.75, 3.05) is 5.75 Å². The molecule has 0 unspecified atom stereocenters. The molecule has 2 aromatic heterocycles. The van der Waals surface area contributed by atoms with Crippen molar-refractivity contribution in [3.8, 4) is 0 Å². The predicted molar refractivity (Wildman–Crippen MR) is 63.7 cm³/mol. The van der Waals surface area contributed by atoms with E-state index in [9.17, 15) is 4.79 Å². The van der Waals surface area contributed by atoms with Crippen LogP contribution in [0.15, 0.2) is 15.8 Å². The van der Waals surface area contributed by atoms with E-state index in [1.54, 1.807) is 0 Å². The zero-order valence-corrected chi connectivity index (χ0v) is 10.8. The second-order valence-electron chi connectivity index (χ2n) is 3.64. The predicted octanol–water partition coefficient (Wildman–Crippen LogP) is 1.37. The van der Waals surface area contributed by atoms with E-state index in [0.717, 1.165) is 11.5 Å². The van der Waals surface area contributed by atoms with E-state index in [1.165, 1.54) is 22.6 Å². The largest absolute Gasteiger partial charge is 0.476 e. The molecule has 2 rings (SSSR count). The van der Waals surface area contributed by atoms with E-state index in [1.807, 2.05) is 13.8 Å². The van der Waals surface area contributed by atoms with Crippen LogP contribution in [0.1, 0.15) is 21.9 Å². The number of carboxylic acids is 1. The van der Waals surface area contributed by atoms with Gasteiger partial charge in [0.1, 0.15) is 5.76 Å². The van der Waals surface area contributed by atoms with Gasteiger partial charge in [-0.05, 0) is 13.8 Å². The molecule has 2 aromatic rings. The number of rotatable bonds is 5. The maximum atomic E-state index is 10.6. The van der Waals surface area contributed by atoms with Gasteiger partial charge in [0.2, 0.25) is 0 Å². The minimum absolute atomic E-state index is 0.0530. The highest BCUT2D eigenvalue weighted by Gasteiger charge is 2.09. The van der Waals surface area contributed by atoms with Crippen LogP contribution >= 0.6 is 11.8 Å². The number of carboxylic acid groups (broad SMARTS) is 1. The van der Waals surface area contributed by atoms with Gasteiger partial charge >= 0.3 is 5.97 Å². The molecule has 0 amide bonds. The van der Waals surface area contributed by atoms with Crippen molar-refractivity contribution < 1.29 is 14.3 Å². The highest BCUT2D eigenvalue weighted by atomic mass is 32.2. The summed E-state index contributed by atoms with van der Waals surface area (Å²) < 4.78 is 6.89. The summed E-state index contributed by atoms with van der Waals surface area (Å²) in [5.74, 6) is 0.418. The standard InChI is InChI=1S/C10H12N4O3S/c1-6-7(2)17-10(11-6)18-4-3-14-5-8(9(15)16)12-13-14/h5H,3-4H2,1-2H3,(H,15,16). The first kappa shape index (κ1) is 12.6. The van der Waals surface area contributed by atoms with Crippen LogP contribution in [-0.2, 0) is 6.54 Å². The van der Waals surface area contributed by atoms with E-state index >= 15 is 0 Å². The number of aromatic carboxylic acids is 1. The molecule has 8 heteroatoms. The normalized spacial score (nSPS) is 10.8. The molecule has 0 aliphatic heterocycles. The van der Waals surface area contributed by atoms with Crippen molar-refractivity contribution in [1.82, 2.24) is 20.0 Å². The van der Waals surface area contributed by atoms with Crippen LogP contribution in [0.4, 0.5) is 0 Å². The van der Waals surface area contributed by atoms with E-state index in [0.29, 0.717) is 17.5 Å². The molecule has 0 bridgehead atoms. The highest BCUT2D eigenvalue weighted by Crippen LogP contribution is 2.20. The number of aromatic nitrogens is 4. The van der Waals surface area contributed by atoms with E-state index in [2.05, 4.69) is 15.3 Å². The van der Waals surface area contributed by atoms with Gasteiger partial charge in [-0.3, -0.25) is 4.68 Å². The van der Waals surface area contributed by atoms with Crippen LogP contribution in [0.3, 0.4) is 0 Å². The van der Waals surface area contributed by atoms with Gasteiger partial charge < -0.3 is 9.52 Å². The molecule has 2 heterocycles. The summed E-state index contributed by atoms with van der Waals surface area (Å²) in [4.78, 5) is 14.8. The topological polar surface area (TPSA) is 94.0 Å². The van der Waals surface area contributed by atoms with Crippen molar-refractivity contribution >= 4 is 17.7 Å². The molecule has 0 aliphatic carbocycles. The zero-order valence-electron chi connectivity index (χ0n) is 9.95. The lowest BCUT2D eigenvalue weighted by Crippen LogP contribution is -2.01. The van der Waals surface area contributed by atoms with E-state index in [-0.39, 0.29) is 5.69 Å². The van der Waals surface area contributed by atoms with Crippen molar-refractivity contribution in [2.45, 2.75) is 25.6 Å². The number of aryl methyl sites for hydroxylation is 3. The lowest BCUT2D eigenvalue weighted by atomic mass is 10.4. The third-order valence-corrected chi connectivity index (χ3v) is 3.12. The first-order valence-electron chi connectivity index (χ1n) is 5.26. The Bertz CT molecular complexity index is 544. The van der Waals surface area contributed by atoms with Crippen LogP contribution in [0.5, 0.6) is 0 Å². The van der Waals surface area contributed by atoms with Crippen molar-refractivity contribution in [2.24, 2.45) is 0 Å². The average Bonchev–Trinajstić information content (AvgIpc) is 2.88. The summed E-state index contributed by atoms with van der Waals surface area (Å²) >= 11 is 1.45. The Hall–Kier alpha value is -1.83. The molecule has 1 N–H and O–H groups in total. The first-order chi connectivity index (χ1) is 8.56. The number of thioether (sulfide) groups is 1. The van der Waals surface area contributed by atoms with Crippen LogP contribution in [0, 0.1) is 13.8 Å². The molecule has 0 fully saturated rings. The SMILES string of the molecule is Cc1nc(SCCn2cc(C(=O)O)nn2)oc1C. The second-order valence-corrected chi connectivity index (χ2v) is 4.69. The molecule has 0 aliphatic rings. The number of nitrogens with zero attached hydrogens (tertiary/aromatic N) is 4.